The minimum atomic E-state index is -0.553. The maximum absolute atomic E-state index is 12.7. The number of benzene rings is 2. The van der Waals surface area contributed by atoms with E-state index in [0.29, 0.717) is 22.3 Å². The largest absolute Gasteiger partial charge is 0.504 e. The van der Waals surface area contributed by atoms with Gasteiger partial charge in [-0.15, -0.1) is 0 Å². The number of carbonyl (C=O) groups is 3. The van der Waals surface area contributed by atoms with Crippen molar-refractivity contribution in [2.24, 2.45) is 0 Å². The summed E-state index contributed by atoms with van der Waals surface area (Å²) in [5.41, 5.74) is 3.29. The van der Waals surface area contributed by atoms with Crippen LogP contribution in [0.2, 0.25) is 0 Å². The number of halogens is 1. The van der Waals surface area contributed by atoms with Gasteiger partial charge >= 0.3 is 0 Å². The van der Waals surface area contributed by atoms with Crippen LogP contribution in [0.1, 0.15) is 23.6 Å². The number of hydrogen-bond acceptors (Lipinski definition) is 6. The molecule has 1 fully saturated rings. The second-order valence-electron chi connectivity index (χ2n) is 6.89. The number of amides is 3. The number of imide groups is 1. The van der Waals surface area contributed by atoms with E-state index in [9.17, 15) is 19.5 Å². The lowest BCUT2D eigenvalue weighted by atomic mass is 10.1. The van der Waals surface area contributed by atoms with Crippen LogP contribution in [0.25, 0.3) is 6.08 Å². The summed E-state index contributed by atoms with van der Waals surface area (Å²) in [5, 5.41) is 12.1. The van der Waals surface area contributed by atoms with Crippen LogP contribution in [0.4, 0.5) is 10.5 Å². The van der Waals surface area contributed by atoms with Crippen LogP contribution in [0.3, 0.4) is 0 Å². The van der Waals surface area contributed by atoms with Crippen molar-refractivity contribution in [2.75, 3.05) is 18.5 Å². The molecule has 0 atom stereocenters. The van der Waals surface area contributed by atoms with Gasteiger partial charge < -0.3 is 15.2 Å². The maximum atomic E-state index is 12.7. The van der Waals surface area contributed by atoms with E-state index in [-0.39, 0.29) is 22.9 Å². The molecular formula is C22H21BrN2O5S. The summed E-state index contributed by atoms with van der Waals surface area (Å²) >= 11 is 4.09. The number of phenolic OH excluding ortho intramolecular Hbond substituents is 1. The van der Waals surface area contributed by atoms with Gasteiger partial charge in [-0.3, -0.25) is 19.3 Å². The number of nitrogens with zero attached hydrogens (tertiary/aromatic N) is 1. The zero-order valence-electron chi connectivity index (χ0n) is 17.2. The molecule has 0 bridgehead atoms. The van der Waals surface area contributed by atoms with Gasteiger partial charge in [-0.1, -0.05) is 22.0 Å². The fourth-order valence-corrected chi connectivity index (χ4v) is 4.16. The monoisotopic (exact) mass is 504 g/mol. The van der Waals surface area contributed by atoms with Gasteiger partial charge in [0.1, 0.15) is 6.54 Å². The third-order valence-electron chi connectivity index (χ3n) is 4.63. The van der Waals surface area contributed by atoms with Gasteiger partial charge in [-0.05, 0) is 79.6 Å². The number of ether oxygens (including phenoxy) is 1. The zero-order chi connectivity index (χ0) is 22.7. The Morgan fingerprint density at radius 2 is 1.97 bits per heavy atom. The minimum absolute atomic E-state index is 0.0398. The summed E-state index contributed by atoms with van der Waals surface area (Å²) in [4.78, 5) is 38.6. The SMILES string of the molecule is CCOc1cc(/C=C2\SC(=O)N(CC(=O)Nc3ccc(C)c(C)c3)C2=O)c(Br)cc1O. The normalized spacial score (nSPS) is 15.0. The van der Waals surface area contributed by atoms with Gasteiger partial charge in [0.25, 0.3) is 11.1 Å². The van der Waals surface area contributed by atoms with Gasteiger partial charge in [0, 0.05) is 10.2 Å². The Labute approximate surface area is 192 Å². The van der Waals surface area contributed by atoms with Crippen LogP contribution in [-0.2, 0) is 9.59 Å². The summed E-state index contributed by atoms with van der Waals surface area (Å²) in [7, 11) is 0. The highest BCUT2D eigenvalue weighted by Crippen LogP contribution is 2.37. The summed E-state index contributed by atoms with van der Waals surface area (Å²) in [5.74, 6) is -0.787. The summed E-state index contributed by atoms with van der Waals surface area (Å²) in [6.07, 6.45) is 1.53. The molecule has 1 aliphatic rings. The minimum Gasteiger partial charge on any atom is -0.504 e. The Morgan fingerprint density at radius 1 is 1.23 bits per heavy atom. The molecule has 0 aromatic heterocycles. The van der Waals surface area contributed by atoms with E-state index in [1.54, 1.807) is 19.1 Å². The molecule has 2 aromatic carbocycles. The molecule has 0 saturated carbocycles. The highest BCUT2D eigenvalue weighted by atomic mass is 79.9. The Balaban J connectivity index is 1.75. The van der Waals surface area contributed by atoms with Crippen molar-refractivity contribution in [3.8, 4) is 11.5 Å². The van der Waals surface area contributed by atoms with Crippen LogP contribution >= 0.6 is 27.7 Å². The van der Waals surface area contributed by atoms with Gasteiger partial charge in [-0.2, -0.15) is 0 Å². The van der Waals surface area contributed by atoms with Crippen molar-refractivity contribution in [2.45, 2.75) is 20.8 Å². The second-order valence-corrected chi connectivity index (χ2v) is 8.74. The van der Waals surface area contributed by atoms with Crippen LogP contribution in [0.5, 0.6) is 11.5 Å². The van der Waals surface area contributed by atoms with Crippen molar-refractivity contribution < 1.29 is 24.2 Å². The molecule has 2 aromatic rings. The fourth-order valence-electron chi connectivity index (χ4n) is 2.88. The Morgan fingerprint density at radius 3 is 2.65 bits per heavy atom. The highest BCUT2D eigenvalue weighted by molar-refractivity contribution is 9.10. The summed E-state index contributed by atoms with van der Waals surface area (Å²) < 4.78 is 5.90. The highest BCUT2D eigenvalue weighted by Gasteiger charge is 2.36. The number of thioether (sulfide) groups is 1. The number of hydrogen-bond donors (Lipinski definition) is 2. The zero-order valence-corrected chi connectivity index (χ0v) is 19.6. The lowest BCUT2D eigenvalue weighted by Crippen LogP contribution is -2.36. The number of anilines is 1. The molecule has 7 nitrogen and oxygen atoms in total. The van der Waals surface area contributed by atoms with E-state index < -0.39 is 17.1 Å². The topological polar surface area (TPSA) is 95.9 Å². The number of carbonyl (C=O) groups excluding carboxylic acids is 3. The second kappa shape index (κ2) is 9.57. The van der Waals surface area contributed by atoms with Crippen molar-refractivity contribution in [3.63, 3.8) is 0 Å². The van der Waals surface area contributed by atoms with Crippen molar-refractivity contribution in [1.82, 2.24) is 4.90 Å². The van der Waals surface area contributed by atoms with E-state index in [4.69, 9.17) is 4.74 Å². The maximum Gasteiger partial charge on any atom is 0.294 e. The third-order valence-corrected chi connectivity index (χ3v) is 6.22. The predicted octanol–water partition coefficient (Wildman–Crippen LogP) is 4.85. The number of phenols is 1. The molecule has 1 heterocycles. The van der Waals surface area contributed by atoms with Crippen molar-refractivity contribution in [3.05, 3.63) is 56.4 Å². The average Bonchev–Trinajstić information content (AvgIpc) is 2.96. The number of aryl methyl sites for hydroxylation is 2. The van der Waals surface area contributed by atoms with E-state index in [2.05, 4.69) is 21.2 Å². The summed E-state index contributed by atoms with van der Waals surface area (Å²) in [6.45, 7) is 5.67. The molecule has 1 aliphatic heterocycles. The Kier molecular flexibility index (Phi) is 7.07. The van der Waals surface area contributed by atoms with E-state index in [1.807, 2.05) is 26.0 Å². The first-order valence-electron chi connectivity index (χ1n) is 9.47. The number of aromatic hydroxyl groups is 1. The molecule has 9 heteroatoms. The molecular weight excluding hydrogens is 484 g/mol. The number of nitrogens with one attached hydrogen (secondary N) is 1. The van der Waals surface area contributed by atoms with Gasteiger partial charge in [0.2, 0.25) is 5.91 Å². The molecule has 0 aliphatic carbocycles. The van der Waals surface area contributed by atoms with Gasteiger partial charge in [0.05, 0.1) is 11.5 Å². The molecule has 31 heavy (non-hydrogen) atoms. The molecule has 0 unspecified atom stereocenters. The van der Waals surface area contributed by atoms with Crippen LogP contribution in [0, 0.1) is 13.8 Å². The van der Waals surface area contributed by atoms with E-state index in [1.165, 1.54) is 12.1 Å². The predicted molar refractivity (Wildman–Crippen MR) is 124 cm³/mol. The Hall–Kier alpha value is -2.78. The van der Waals surface area contributed by atoms with Crippen molar-refractivity contribution >= 4 is 56.5 Å². The lowest BCUT2D eigenvalue weighted by molar-refractivity contribution is -0.127. The summed E-state index contributed by atoms with van der Waals surface area (Å²) in [6, 6.07) is 8.52. The first-order chi connectivity index (χ1) is 14.7. The molecule has 1 saturated heterocycles. The Bertz CT molecular complexity index is 1100. The van der Waals surface area contributed by atoms with Gasteiger partial charge in [0.15, 0.2) is 11.5 Å². The molecule has 2 N–H and O–H groups in total. The smallest absolute Gasteiger partial charge is 0.294 e. The molecule has 162 valence electrons. The van der Waals surface area contributed by atoms with Crippen LogP contribution in [-0.4, -0.2) is 40.2 Å². The van der Waals surface area contributed by atoms with Crippen LogP contribution in [0.15, 0.2) is 39.7 Å². The first-order valence-corrected chi connectivity index (χ1v) is 11.1. The fraction of sp³-hybridized carbons (Fsp3) is 0.227. The average molecular weight is 505 g/mol. The third kappa shape index (κ3) is 5.29. The molecule has 3 amide bonds. The van der Waals surface area contributed by atoms with E-state index in [0.717, 1.165) is 27.8 Å². The lowest BCUT2D eigenvalue weighted by Gasteiger charge is -2.13. The van der Waals surface area contributed by atoms with Crippen molar-refractivity contribution in [1.29, 1.82) is 0 Å². The first kappa shape index (κ1) is 22.9. The quantitative estimate of drug-likeness (QED) is 0.546. The van der Waals surface area contributed by atoms with Gasteiger partial charge in [-0.25, -0.2) is 0 Å². The van der Waals surface area contributed by atoms with E-state index >= 15 is 0 Å². The van der Waals surface area contributed by atoms with Crippen LogP contribution < -0.4 is 10.1 Å². The molecule has 0 spiro atoms. The molecule has 0 radical (unpaired) electrons. The number of rotatable bonds is 6. The molecule has 3 rings (SSSR count). The standard InChI is InChI=1S/C22H21BrN2O5S/c1-4-30-18-8-14(16(23)10-17(18)26)9-19-21(28)25(22(29)31-19)11-20(27)24-15-6-5-12(2)13(3)7-15/h5-10,26H,4,11H2,1-3H3,(H,24,27)/b19-9-.